The van der Waals surface area contributed by atoms with Crippen LogP contribution in [0, 0.1) is 47.3 Å². The average Bonchev–Trinajstić information content (AvgIpc) is 2.89. The van der Waals surface area contributed by atoms with Crippen LogP contribution in [0.2, 0.25) is 0 Å². The molecule has 0 aromatic heterocycles. The molecule has 0 N–H and O–H groups in total. The first-order valence-corrected chi connectivity index (χ1v) is 9.04. The van der Waals surface area contributed by atoms with Crippen LogP contribution in [0.3, 0.4) is 0 Å². The summed E-state index contributed by atoms with van der Waals surface area (Å²) in [5.41, 5.74) is 0. The van der Waals surface area contributed by atoms with Crippen LogP contribution in [0.25, 0.3) is 0 Å². The van der Waals surface area contributed by atoms with Gasteiger partial charge >= 0.3 is 0 Å². The average molecular weight is 262 g/mol. The van der Waals surface area contributed by atoms with Crippen LogP contribution in [-0.2, 0) is 0 Å². The van der Waals surface area contributed by atoms with E-state index in [4.69, 9.17) is 0 Å². The molecule has 0 heteroatoms. The first-order valence-electron chi connectivity index (χ1n) is 9.04. The zero-order valence-corrected chi connectivity index (χ0v) is 13.6. The second kappa shape index (κ2) is 5.41. The van der Waals surface area contributed by atoms with Gasteiger partial charge in [0.2, 0.25) is 0 Å². The van der Waals surface area contributed by atoms with Crippen LogP contribution in [0.5, 0.6) is 0 Å². The van der Waals surface area contributed by atoms with Crippen molar-refractivity contribution in [3.8, 4) is 0 Å². The third-order valence-corrected chi connectivity index (χ3v) is 7.15. The van der Waals surface area contributed by atoms with E-state index in [1.165, 1.54) is 0 Å². The summed E-state index contributed by atoms with van der Waals surface area (Å²) in [6, 6.07) is 0. The van der Waals surface area contributed by atoms with Crippen molar-refractivity contribution in [2.45, 2.75) is 72.6 Å². The summed E-state index contributed by atoms with van der Waals surface area (Å²) < 4.78 is 0. The molecule has 0 aliphatic heterocycles. The minimum absolute atomic E-state index is 0.926. The molecule has 3 aliphatic rings. The highest BCUT2D eigenvalue weighted by molar-refractivity contribution is 4.94. The van der Waals surface area contributed by atoms with Gasteiger partial charge in [0.05, 0.1) is 0 Å². The molecule has 0 aromatic carbocycles. The highest BCUT2D eigenvalue weighted by atomic mass is 14.5. The topological polar surface area (TPSA) is 0 Å². The fraction of sp³-hybridized carbons (Fsp3) is 1.00. The third-order valence-electron chi connectivity index (χ3n) is 7.15. The second-order valence-corrected chi connectivity index (χ2v) is 8.80. The van der Waals surface area contributed by atoms with Gasteiger partial charge in [0.25, 0.3) is 0 Å². The monoisotopic (exact) mass is 262 g/mol. The van der Waals surface area contributed by atoms with Crippen LogP contribution in [0.15, 0.2) is 0 Å². The standard InChI is InChI=1S/C19H34/c1-12(2)16-7-14-5-6-15-8-17(13(3)4)10-19(15)11-18(14)9-16/h12-19H,5-11H2,1-4H3. The largest absolute Gasteiger partial charge is 0.0625 e. The molecule has 3 aliphatic carbocycles. The molecule has 110 valence electrons. The van der Waals surface area contributed by atoms with Gasteiger partial charge < -0.3 is 0 Å². The van der Waals surface area contributed by atoms with E-state index in [9.17, 15) is 0 Å². The Morgan fingerprint density at radius 3 is 1.26 bits per heavy atom. The van der Waals surface area contributed by atoms with Crippen molar-refractivity contribution in [1.82, 2.24) is 0 Å². The quantitative estimate of drug-likeness (QED) is 0.593. The number of rotatable bonds is 2. The van der Waals surface area contributed by atoms with Crippen molar-refractivity contribution in [1.29, 1.82) is 0 Å². The van der Waals surface area contributed by atoms with E-state index in [0.717, 1.165) is 47.3 Å². The van der Waals surface area contributed by atoms with Gasteiger partial charge in [-0.1, -0.05) is 27.7 Å². The minimum atomic E-state index is 0.926. The number of fused-ring (bicyclic) bond motifs is 2. The first-order chi connectivity index (χ1) is 9.04. The molecule has 3 fully saturated rings. The van der Waals surface area contributed by atoms with Gasteiger partial charge in [0, 0.05) is 0 Å². The maximum atomic E-state index is 2.45. The summed E-state index contributed by atoms with van der Waals surface area (Å²) in [5, 5.41) is 0. The highest BCUT2D eigenvalue weighted by Crippen LogP contribution is 2.54. The number of hydrogen-bond donors (Lipinski definition) is 0. The lowest BCUT2D eigenvalue weighted by molar-refractivity contribution is 0.294. The van der Waals surface area contributed by atoms with Gasteiger partial charge in [-0.05, 0) is 92.3 Å². The lowest BCUT2D eigenvalue weighted by Gasteiger charge is -2.21. The van der Waals surface area contributed by atoms with Crippen molar-refractivity contribution >= 4 is 0 Å². The Morgan fingerprint density at radius 2 is 0.895 bits per heavy atom. The molecule has 3 rings (SSSR count). The maximum Gasteiger partial charge on any atom is -0.0380 e. The molecule has 0 amide bonds. The molecule has 0 saturated heterocycles. The van der Waals surface area contributed by atoms with Gasteiger partial charge in [0.1, 0.15) is 0 Å². The Kier molecular flexibility index (Phi) is 3.98. The van der Waals surface area contributed by atoms with Gasteiger partial charge in [-0.2, -0.15) is 0 Å². The van der Waals surface area contributed by atoms with E-state index in [1.54, 1.807) is 44.9 Å². The predicted molar refractivity (Wildman–Crippen MR) is 82.9 cm³/mol. The molecule has 0 spiro atoms. The number of hydrogen-bond acceptors (Lipinski definition) is 0. The van der Waals surface area contributed by atoms with Gasteiger partial charge in [0.15, 0.2) is 0 Å². The summed E-state index contributed by atoms with van der Waals surface area (Å²) in [6.07, 6.45) is 11.0. The van der Waals surface area contributed by atoms with E-state index in [1.807, 2.05) is 0 Å². The van der Waals surface area contributed by atoms with Crippen molar-refractivity contribution in [2.75, 3.05) is 0 Å². The fourth-order valence-corrected chi connectivity index (χ4v) is 5.71. The molecule has 6 unspecified atom stereocenters. The van der Waals surface area contributed by atoms with Crippen molar-refractivity contribution in [2.24, 2.45) is 47.3 Å². The zero-order chi connectivity index (χ0) is 13.6. The first kappa shape index (κ1) is 14.0. The van der Waals surface area contributed by atoms with E-state index < -0.39 is 0 Å². The molecule has 3 saturated carbocycles. The summed E-state index contributed by atoms with van der Waals surface area (Å²) in [6.45, 7) is 9.79. The van der Waals surface area contributed by atoms with Crippen LogP contribution in [0.4, 0.5) is 0 Å². The Bertz CT molecular complexity index is 273. The third kappa shape index (κ3) is 2.74. The van der Waals surface area contributed by atoms with Crippen molar-refractivity contribution in [3.63, 3.8) is 0 Å². The molecular weight excluding hydrogens is 228 g/mol. The van der Waals surface area contributed by atoms with E-state index >= 15 is 0 Å². The molecule has 0 radical (unpaired) electrons. The van der Waals surface area contributed by atoms with E-state index in [2.05, 4.69) is 27.7 Å². The normalized spacial score (nSPS) is 46.4. The summed E-state index contributed by atoms with van der Waals surface area (Å²) in [5.74, 6) is 8.37. The second-order valence-electron chi connectivity index (χ2n) is 8.80. The molecule has 19 heavy (non-hydrogen) atoms. The van der Waals surface area contributed by atoms with Crippen molar-refractivity contribution in [3.05, 3.63) is 0 Å². The van der Waals surface area contributed by atoms with Crippen LogP contribution in [-0.4, -0.2) is 0 Å². The predicted octanol–water partition coefficient (Wildman–Crippen LogP) is 5.77. The fourth-order valence-electron chi connectivity index (χ4n) is 5.71. The molecule has 0 heterocycles. The van der Waals surface area contributed by atoms with Crippen LogP contribution < -0.4 is 0 Å². The van der Waals surface area contributed by atoms with Gasteiger partial charge in [-0.15, -0.1) is 0 Å². The molecular formula is C19H34. The van der Waals surface area contributed by atoms with Gasteiger partial charge in [-0.25, -0.2) is 0 Å². The van der Waals surface area contributed by atoms with Crippen LogP contribution in [0.1, 0.15) is 72.6 Å². The highest BCUT2D eigenvalue weighted by Gasteiger charge is 2.44. The van der Waals surface area contributed by atoms with Gasteiger partial charge in [-0.3, -0.25) is 0 Å². The minimum Gasteiger partial charge on any atom is -0.0625 e. The van der Waals surface area contributed by atoms with Crippen LogP contribution >= 0.6 is 0 Å². The molecule has 6 atom stereocenters. The lowest BCUT2D eigenvalue weighted by Crippen LogP contribution is -2.11. The molecule has 0 aromatic rings. The molecule has 0 nitrogen and oxygen atoms in total. The summed E-state index contributed by atoms with van der Waals surface area (Å²) >= 11 is 0. The Labute approximate surface area is 120 Å². The Morgan fingerprint density at radius 1 is 0.526 bits per heavy atom. The van der Waals surface area contributed by atoms with Crippen molar-refractivity contribution < 1.29 is 0 Å². The Balaban J connectivity index is 1.64. The molecule has 0 bridgehead atoms. The smallest absolute Gasteiger partial charge is 0.0380 e. The summed E-state index contributed by atoms with van der Waals surface area (Å²) in [4.78, 5) is 0. The zero-order valence-electron chi connectivity index (χ0n) is 13.6. The lowest BCUT2D eigenvalue weighted by atomic mass is 9.85. The van der Waals surface area contributed by atoms with E-state index in [-0.39, 0.29) is 0 Å². The maximum absolute atomic E-state index is 2.45. The summed E-state index contributed by atoms with van der Waals surface area (Å²) in [7, 11) is 0. The SMILES string of the molecule is CC(C)C1CC2CCC3CC(C(C)C)CC3CC2C1. The Hall–Kier alpha value is 0. The van der Waals surface area contributed by atoms with E-state index in [0.29, 0.717) is 0 Å².